The van der Waals surface area contributed by atoms with Crippen LogP contribution in [0.5, 0.6) is 0 Å². The maximum Gasteiger partial charge on any atom is 3.00 e. The van der Waals surface area contributed by atoms with E-state index in [-0.39, 0.29) is 52.5 Å². The Morgan fingerprint density at radius 1 is 0.706 bits per heavy atom. The Labute approximate surface area is 254 Å². The molecule has 9 heteroatoms. The molecule has 0 aliphatic rings. The number of rotatable bonds is 5. The van der Waals surface area contributed by atoms with Gasteiger partial charge in [-0.15, -0.1) is 11.2 Å². The largest absolute Gasteiger partial charge is 3.00 e. The topological polar surface area (TPSA) is 54.7 Å². The monoisotopic (exact) mass is 693 g/mol. The molecule has 1 radical (unpaired) electrons. The minimum atomic E-state index is -1.11. The van der Waals surface area contributed by atoms with Crippen LogP contribution in [0, 0.1) is 46.9 Å². The minimum Gasteiger partial charge on any atom is -0.668 e. The molecule has 0 spiro atoms. The number of benzene rings is 1. The molecular weight excluding hydrogens is 642 g/mol. The zero-order valence-electron chi connectivity index (χ0n) is 24.5. The van der Waals surface area contributed by atoms with Crippen LogP contribution < -0.4 is 4.98 Å². The summed E-state index contributed by atoms with van der Waals surface area (Å²) in [6.45, 7) is 33.8. The number of aliphatic imine (C=N–C) groups is 1. The van der Waals surface area contributed by atoms with Crippen LogP contribution in [0.4, 0.5) is 0 Å². The van der Waals surface area contributed by atoms with Crippen molar-refractivity contribution in [3.63, 3.8) is 0 Å². The maximum atomic E-state index is 4.82. The Kier molecular flexibility index (Phi) is 15.9. The first kappa shape index (κ1) is 36.9. The molecule has 0 aliphatic carbocycles. The first-order chi connectivity index (χ1) is 14.5. The van der Waals surface area contributed by atoms with Crippen LogP contribution >= 0.6 is 0 Å². The third-order valence-electron chi connectivity index (χ3n) is 3.42. The number of fused-ring (bicyclic) bond motifs is 1. The fourth-order valence-corrected chi connectivity index (χ4v) is 19.5. The van der Waals surface area contributed by atoms with Crippen LogP contribution in [-0.4, -0.2) is 44.7 Å². The van der Waals surface area contributed by atoms with E-state index in [1.54, 1.807) is 0 Å². The summed E-state index contributed by atoms with van der Waals surface area (Å²) in [6, 6.07) is 10.2. The Bertz CT molecular complexity index is 779. The molecule has 0 saturated heterocycles. The van der Waals surface area contributed by atoms with Gasteiger partial charge >= 0.3 is 46.9 Å². The van der Waals surface area contributed by atoms with Gasteiger partial charge in [0.1, 0.15) is 0 Å². The van der Waals surface area contributed by atoms with Gasteiger partial charge in [0.05, 0.1) is 5.54 Å². The summed E-state index contributed by atoms with van der Waals surface area (Å²) in [4.78, 5) is 8.90. The summed E-state index contributed by atoms with van der Waals surface area (Å²) in [5.41, 5.74) is 1.93. The summed E-state index contributed by atoms with van der Waals surface area (Å²) < 4.78 is 9.64. The van der Waals surface area contributed by atoms with Gasteiger partial charge in [-0.2, -0.15) is 0 Å². The fraction of sp³-hybridized carbons (Fsp3) is 0.640. The van der Waals surface area contributed by atoms with E-state index in [2.05, 4.69) is 121 Å². The van der Waals surface area contributed by atoms with Gasteiger partial charge in [0.2, 0.25) is 0 Å². The van der Waals surface area contributed by atoms with E-state index in [0.29, 0.717) is 0 Å². The SMILES string of the molecule is CC(C)(C)N=Cc1cc2ccccc2[n-]1.C[Si](C)(C)[N-][Si](C)(C)C.C[Si](C)(C)[N-][Si](C)(C)C.[Yb+3]. The van der Waals surface area contributed by atoms with Gasteiger partial charge in [0.15, 0.2) is 0 Å². The van der Waals surface area contributed by atoms with Crippen LogP contribution in [0.2, 0.25) is 78.6 Å². The number of hydrogen-bond donors (Lipinski definition) is 0. The average molecular weight is 693 g/mol. The van der Waals surface area contributed by atoms with Gasteiger partial charge in [0, 0.05) is 6.21 Å². The van der Waals surface area contributed by atoms with Crippen molar-refractivity contribution in [2.24, 2.45) is 4.99 Å². The minimum absolute atomic E-state index is 0. The zero-order valence-corrected chi connectivity index (χ0v) is 30.2. The van der Waals surface area contributed by atoms with Gasteiger partial charge in [-0.25, -0.2) is 0 Å². The number of nitrogens with zero attached hydrogens (tertiary/aromatic N) is 4. The molecule has 1 heterocycles. The van der Waals surface area contributed by atoms with Crippen molar-refractivity contribution < 1.29 is 46.9 Å². The standard InChI is InChI=1S/C13H15N2.2C6H18NSi2.Yb/c1-13(2,3)14-9-11-8-10-6-4-5-7-12(10)15-11;2*1-8(2,3)7-9(4,5)6;/h4-9H,1-3H3;2*1-6H3;/q3*-1;+3. The molecule has 0 amide bonds. The fourth-order valence-electron chi connectivity index (χ4n) is 3.38. The Morgan fingerprint density at radius 3 is 1.38 bits per heavy atom. The number of para-hydroxylation sites is 1. The summed E-state index contributed by atoms with van der Waals surface area (Å²) in [5, 5.41) is 1.17. The Balaban J connectivity index is 0. The first-order valence-electron chi connectivity index (χ1n) is 12.0. The third-order valence-corrected chi connectivity index (χ3v) is 14.1. The van der Waals surface area contributed by atoms with E-state index in [0.717, 1.165) is 11.2 Å². The molecule has 1 aromatic heterocycles. The van der Waals surface area contributed by atoms with Crippen LogP contribution in [0.15, 0.2) is 35.3 Å². The summed E-state index contributed by atoms with van der Waals surface area (Å²) in [6.07, 6.45) is 1.85. The molecule has 201 valence electrons. The van der Waals surface area contributed by atoms with Crippen molar-refractivity contribution in [1.82, 2.24) is 4.98 Å². The second kappa shape index (κ2) is 14.6. The Morgan fingerprint density at radius 2 is 1.09 bits per heavy atom. The summed E-state index contributed by atoms with van der Waals surface area (Å²) in [5.74, 6) is 0. The summed E-state index contributed by atoms with van der Waals surface area (Å²) >= 11 is 0. The zero-order chi connectivity index (χ0) is 26.3. The smallest absolute Gasteiger partial charge is 0.668 e. The molecule has 34 heavy (non-hydrogen) atoms. The van der Waals surface area contributed by atoms with E-state index in [1.807, 2.05) is 24.4 Å². The molecule has 0 N–H and O–H groups in total. The quantitative estimate of drug-likeness (QED) is 0.228. The number of hydrogen-bond acceptors (Lipinski definition) is 1. The molecule has 2 aromatic rings. The van der Waals surface area contributed by atoms with Crippen molar-refractivity contribution in [2.75, 3.05) is 0 Å². The van der Waals surface area contributed by atoms with Gasteiger partial charge in [-0.05, 0) is 26.2 Å². The van der Waals surface area contributed by atoms with E-state index in [1.165, 1.54) is 5.39 Å². The summed E-state index contributed by atoms with van der Waals surface area (Å²) in [7, 11) is -4.42. The third kappa shape index (κ3) is 23.2. The number of aromatic nitrogens is 1. The van der Waals surface area contributed by atoms with Gasteiger partial charge < -0.3 is 14.3 Å². The molecule has 0 bridgehead atoms. The van der Waals surface area contributed by atoms with Crippen LogP contribution in [0.1, 0.15) is 26.5 Å². The van der Waals surface area contributed by atoms with E-state index in [9.17, 15) is 0 Å². The second-order valence-corrected chi connectivity index (χ2v) is 32.7. The van der Waals surface area contributed by atoms with Crippen molar-refractivity contribution in [1.29, 1.82) is 0 Å². The first-order valence-corrected chi connectivity index (χ1v) is 25.8. The molecule has 1 aromatic carbocycles. The predicted octanol–water partition coefficient (Wildman–Crippen LogP) is 9.07. The predicted molar refractivity (Wildman–Crippen MR) is 165 cm³/mol. The Hall–Kier alpha value is 0.737. The molecule has 2 rings (SSSR count). The maximum absolute atomic E-state index is 4.82. The van der Waals surface area contributed by atoms with Gasteiger partial charge in [-0.1, -0.05) is 142 Å². The molecule has 0 saturated carbocycles. The van der Waals surface area contributed by atoms with Crippen LogP contribution in [-0.2, 0) is 0 Å². The van der Waals surface area contributed by atoms with Crippen molar-refractivity contribution >= 4 is 50.1 Å². The molecule has 0 unspecified atom stereocenters. The molecule has 4 nitrogen and oxygen atoms in total. The van der Waals surface area contributed by atoms with Gasteiger partial charge in [-0.3, -0.25) is 4.99 Å². The van der Waals surface area contributed by atoms with Crippen molar-refractivity contribution in [3.8, 4) is 0 Å². The second-order valence-electron chi connectivity index (χ2n) is 13.6. The average Bonchev–Trinajstić information content (AvgIpc) is 2.89. The molecule has 0 fully saturated rings. The normalized spacial score (nSPS) is 13.0. The van der Waals surface area contributed by atoms with Crippen molar-refractivity contribution in [2.45, 2.75) is 105 Å². The van der Waals surface area contributed by atoms with E-state index < -0.39 is 32.9 Å². The van der Waals surface area contributed by atoms with Crippen molar-refractivity contribution in [3.05, 3.63) is 45.3 Å². The molecule has 0 aliphatic heterocycles. The van der Waals surface area contributed by atoms with Crippen LogP contribution in [0.25, 0.3) is 20.2 Å². The van der Waals surface area contributed by atoms with Gasteiger partial charge in [0.25, 0.3) is 0 Å². The van der Waals surface area contributed by atoms with E-state index >= 15 is 0 Å². The molecule has 0 atom stereocenters. The molecular formula is C25H51N4Si4Yb. The van der Waals surface area contributed by atoms with Crippen LogP contribution in [0.3, 0.4) is 0 Å². The van der Waals surface area contributed by atoms with E-state index in [4.69, 9.17) is 9.30 Å².